The number of nitrogens with one attached hydrogen (secondary N) is 1. The van der Waals surface area contributed by atoms with Gasteiger partial charge >= 0.3 is 0 Å². The summed E-state index contributed by atoms with van der Waals surface area (Å²) in [6, 6.07) is 16.2. The highest BCUT2D eigenvalue weighted by Crippen LogP contribution is 2.34. The van der Waals surface area contributed by atoms with Crippen molar-refractivity contribution in [3.8, 4) is 22.6 Å². The SMILES string of the molecule is CNc1nc2ccc(-c3ocnc3-c3ccccc3)cc2s1. The molecule has 0 aliphatic carbocycles. The van der Waals surface area contributed by atoms with Gasteiger partial charge in [0.2, 0.25) is 0 Å². The topological polar surface area (TPSA) is 51.0 Å². The molecule has 0 saturated heterocycles. The summed E-state index contributed by atoms with van der Waals surface area (Å²) >= 11 is 1.63. The van der Waals surface area contributed by atoms with Crippen LogP contribution >= 0.6 is 11.3 Å². The third kappa shape index (κ3) is 2.16. The number of aromatic nitrogens is 2. The molecule has 2 aromatic carbocycles. The number of hydrogen-bond donors (Lipinski definition) is 1. The molecule has 0 aliphatic rings. The quantitative estimate of drug-likeness (QED) is 0.598. The molecule has 4 nitrogen and oxygen atoms in total. The number of benzene rings is 2. The summed E-state index contributed by atoms with van der Waals surface area (Å²) in [6.07, 6.45) is 1.49. The number of oxazole rings is 1. The third-order valence-corrected chi connectivity index (χ3v) is 4.51. The van der Waals surface area contributed by atoms with Gasteiger partial charge in [0.05, 0.1) is 10.2 Å². The second-order valence-electron chi connectivity index (χ2n) is 4.85. The van der Waals surface area contributed by atoms with E-state index < -0.39 is 0 Å². The smallest absolute Gasteiger partial charge is 0.183 e. The lowest BCUT2D eigenvalue weighted by molar-refractivity contribution is 0.572. The van der Waals surface area contributed by atoms with Crippen LogP contribution < -0.4 is 5.32 Å². The molecule has 0 spiro atoms. The molecule has 4 rings (SSSR count). The fraction of sp³-hybridized carbons (Fsp3) is 0.0588. The van der Waals surface area contributed by atoms with E-state index in [0.717, 1.165) is 37.9 Å². The van der Waals surface area contributed by atoms with Crippen LogP contribution in [0.15, 0.2) is 59.3 Å². The van der Waals surface area contributed by atoms with Crippen molar-refractivity contribution in [1.82, 2.24) is 9.97 Å². The first-order valence-electron chi connectivity index (χ1n) is 6.93. The Morgan fingerprint density at radius 1 is 1.05 bits per heavy atom. The minimum absolute atomic E-state index is 0.785. The zero-order chi connectivity index (χ0) is 14.9. The fourth-order valence-electron chi connectivity index (χ4n) is 2.43. The maximum absolute atomic E-state index is 5.64. The van der Waals surface area contributed by atoms with E-state index in [1.165, 1.54) is 6.39 Å². The summed E-state index contributed by atoms with van der Waals surface area (Å²) in [4.78, 5) is 8.87. The van der Waals surface area contributed by atoms with E-state index >= 15 is 0 Å². The van der Waals surface area contributed by atoms with E-state index in [0.29, 0.717) is 0 Å². The Hall–Kier alpha value is -2.66. The van der Waals surface area contributed by atoms with Crippen molar-refractivity contribution in [2.45, 2.75) is 0 Å². The Morgan fingerprint density at radius 2 is 1.91 bits per heavy atom. The summed E-state index contributed by atoms with van der Waals surface area (Å²) in [7, 11) is 1.88. The number of rotatable bonds is 3. The number of nitrogens with zero attached hydrogens (tertiary/aromatic N) is 2. The highest BCUT2D eigenvalue weighted by atomic mass is 32.1. The van der Waals surface area contributed by atoms with Gasteiger partial charge in [0.25, 0.3) is 0 Å². The van der Waals surface area contributed by atoms with Crippen LogP contribution in [0.25, 0.3) is 32.8 Å². The van der Waals surface area contributed by atoms with Crippen LogP contribution in [0.5, 0.6) is 0 Å². The summed E-state index contributed by atoms with van der Waals surface area (Å²) < 4.78 is 6.77. The van der Waals surface area contributed by atoms with Gasteiger partial charge in [0.15, 0.2) is 17.3 Å². The monoisotopic (exact) mass is 307 g/mol. The van der Waals surface area contributed by atoms with Gasteiger partial charge in [0.1, 0.15) is 5.69 Å². The number of thiazole rings is 1. The Bertz CT molecular complexity index is 927. The molecule has 4 aromatic rings. The normalized spacial score (nSPS) is 11.0. The van der Waals surface area contributed by atoms with Crippen molar-refractivity contribution in [3.05, 3.63) is 54.9 Å². The molecule has 0 amide bonds. The van der Waals surface area contributed by atoms with Gasteiger partial charge < -0.3 is 9.73 Å². The van der Waals surface area contributed by atoms with Gasteiger partial charge in [-0.15, -0.1) is 0 Å². The molecule has 0 bridgehead atoms. The molecule has 5 heteroatoms. The van der Waals surface area contributed by atoms with Crippen LogP contribution in [0.2, 0.25) is 0 Å². The van der Waals surface area contributed by atoms with Crippen LogP contribution in [-0.2, 0) is 0 Å². The summed E-state index contributed by atoms with van der Waals surface area (Å²) in [5.74, 6) is 0.785. The maximum Gasteiger partial charge on any atom is 0.183 e. The molecule has 22 heavy (non-hydrogen) atoms. The largest absolute Gasteiger partial charge is 0.443 e. The Morgan fingerprint density at radius 3 is 2.73 bits per heavy atom. The Kier molecular flexibility index (Phi) is 3.12. The predicted octanol–water partition coefficient (Wildman–Crippen LogP) is 4.66. The lowest BCUT2D eigenvalue weighted by Crippen LogP contribution is -1.84. The van der Waals surface area contributed by atoms with Crippen molar-refractivity contribution in [1.29, 1.82) is 0 Å². The molecule has 0 unspecified atom stereocenters. The number of anilines is 1. The van der Waals surface area contributed by atoms with Crippen LogP contribution in [0.3, 0.4) is 0 Å². The first kappa shape index (κ1) is 13.0. The minimum atomic E-state index is 0.785. The minimum Gasteiger partial charge on any atom is -0.443 e. The number of fused-ring (bicyclic) bond motifs is 1. The molecule has 2 aromatic heterocycles. The van der Waals surface area contributed by atoms with E-state index in [-0.39, 0.29) is 0 Å². The van der Waals surface area contributed by atoms with Crippen LogP contribution in [0.1, 0.15) is 0 Å². The molecular formula is C17H13N3OS. The van der Waals surface area contributed by atoms with E-state index in [9.17, 15) is 0 Å². The van der Waals surface area contributed by atoms with Crippen molar-refractivity contribution in [2.24, 2.45) is 0 Å². The van der Waals surface area contributed by atoms with Crippen molar-refractivity contribution in [2.75, 3.05) is 12.4 Å². The van der Waals surface area contributed by atoms with Crippen LogP contribution in [0.4, 0.5) is 5.13 Å². The van der Waals surface area contributed by atoms with Crippen molar-refractivity contribution in [3.63, 3.8) is 0 Å². The summed E-state index contributed by atoms with van der Waals surface area (Å²) in [5, 5.41) is 3.99. The molecule has 2 heterocycles. The van der Waals surface area contributed by atoms with Gasteiger partial charge in [-0.25, -0.2) is 9.97 Å². The fourth-order valence-corrected chi connectivity index (χ4v) is 3.28. The third-order valence-electron chi connectivity index (χ3n) is 3.48. The van der Waals surface area contributed by atoms with Gasteiger partial charge in [-0.2, -0.15) is 0 Å². The summed E-state index contributed by atoms with van der Waals surface area (Å²) in [5.41, 5.74) is 3.90. The Balaban J connectivity index is 1.84. The second kappa shape index (κ2) is 5.27. The van der Waals surface area contributed by atoms with Crippen LogP contribution in [-0.4, -0.2) is 17.0 Å². The molecule has 0 saturated carbocycles. The van der Waals surface area contributed by atoms with E-state index in [1.54, 1.807) is 11.3 Å². The van der Waals surface area contributed by atoms with Crippen molar-refractivity contribution >= 4 is 26.7 Å². The molecule has 0 fully saturated rings. The molecule has 0 radical (unpaired) electrons. The summed E-state index contributed by atoms with van der Waals surface area (Å²) in [6.45, 7) is 0. The average molecular weight is 307 g/mol. The van der Waals surface area contributed by atoms with E-state index in [1.807, 2.05) is 49.5 Å². The lowest BCUT2D eigenvalue weighted by atomic mass is 10.1. The zero-order valence-electron chi connectivity index (χ0n) is 11.9. The van der Waals surface area contributed by atoms with Crippen molar-refractivity contribution < 1.29 is 4.42 Å². The zero-order valence-corrected chi connectivity index (χ0v) is 12.7. The van der Waals surface area contributed by atoms with E-state index in [2.05, 4.69) is 21.4 Å². The molecule has 1 N–H and O–H groups in total. The predicted molar refractivity (Wildman–Crippen MR) is 90.1 cm³/mol. The average Bonchev–Trinajstić information content (AvgIpc) is 3.21. The van der Waals surface area contributed by atoms with Crippen LogP contribution in [0, 0.1) is 0 Å². The van der Waals surface area contributed by atoms with E-state index in [4.69, 9.17) is 4.42 Å². The molecular weight excluding hydrogens is 294 g/mol. The highest BCUT2D eigenvalue weighted by Gasteiger charge is 2.14. The maximum atomic E-state index is 5.64. The van der Waals surface area contributed by atoms with Gasteiger partial charge in [-0.05, 0) is 18.2 Å². The molecule has 0 aliphatic heterocycles. The standard InChI is InChI=1S/C17H13N3OS/c1-18-17-20-13-8-7-12(9-14(13)22-17)16-15(19-10-21-16)11-5-3-2-4-6-11/h2-10H,1H3,(H,18,20). The Labute approximate surface area is 131 Å². The number of hydrogen-bond acceptors (Lipinski definition) is 5. The highest BCUT2D eigenvalue weighted by molar-refractivity contribution is 7.22. The lowest BCUT2D eigenvalue weighted by Gasteiger charge is -2.01. The van der Waals surface area contributed by atoms with Gasteiger partial charge in [-0.1, -0.05) is 41.7 Å². The van der Waals surface area contributed by atoms with Gasteiger partial charge in [0, 0.05) is 18.2 Å². The molecule has 0 atom stereocenters. The second-order valence-corrected chi connectivity index (χ2v) is 5.88. The van der Waals surface area contributed by atoms with Gasteiger partial charge in [-0.3, -0.25) is 0 Å². The molecule has 108 valence electrons. The first-order chi connectivity index (χ1) is 10.8. The first-order valence-corrected chi connectivity index (χ1v) is 7.74.